The minimum Gasteiger partial charge on any atom is -0.316 e. The predicted molar refractivity (Wildman–Crippen MR) is 74.5 cm³/mol. The van der Waals surface area contributed by atoms with E-state index in [9.17, 15) is 13.2 Å². The second kappa shape index (κ2) is 4.58. The highest BCUT2D eigenvalue weighted by Gasteiger charge is 2.55. The van der Waals surface area contributed by atoms with Gasteiger partial charge in [0.25, 0.3) is 0 Å². The molecule has 0 unspecified atom stereocenters. The molecule has 4 rings (SSSR count). The number of benzene rings is 1. The molecule has 1 saturated carbocycles. The molecule has 0 spiro atoms. The molecule has 0 bridgehead atoms. The zero-order chi connectivity index (χ0) is 13.2. The lowest BCUT2D eigenvalue weighted by molar-refractivity contribution is -0.137. The number of nitrogens with zero attached hydrogens (tertiary/aromatic N) is 1. The zero-order valence-corrected chi connectivity index (χ0v) is 11.9. The van der Waals surface area contributed by atoms with Crippen LogP contribution in [0, 0.1) is 11.8 Å². The maximum absolute atomic E-state index is 12.6. The number of fused-ring (bicyclic) bond motifs is 2. The highest BCUT2D eigenvalue weighted by Crippen LogP contribution is 2.57. The molecule has 1 aromatic heterocycles. The first-order valence-corrected chi connectivity index (χ1v) is 7.04. The van der Waals surface area contributed by atoms with Crippen LogP contribution in [0.15, 0.2) is 18.2 Å². The van der Waals surface area contributed by atoms with E-state index in [-0.39, 0.29) is 12.4 Å². The molecule has 1 aliphatic heterocycles. The Bertz CT molecular complexity index is 645. The Morgan fingerprint density at radius 2 is 1.90 bits per heavy atom. The molecule has 0 amide bonds. The van der Waals surface area contributed by atoms with Crippen molar-refractivity contribution in [3.05, 3.63) is 28.8 Å². The summed E-state index contributed by atoms with van der Waals surface area (Å²) in [6, 6.07) is 3.83. The molecule has 108 valence electrons. The summed E-state index contributed by atoms with van der Waals surface area (Å²) in [5.74, 6) is 1.75. The summed E-state index contributed by atoms with van der Waals surface area (Å²) < 4.78 is 38.8. The van der Waals surface area contributed by atoms with Crippen molar-refractivity contribution in [2.24, 2.45) is 11.8 Å². The monoisotopic (exact) mass is 320 g/mol. The van der Waals surface area contributed by atoms with Gasteiger partial charge in [0.1, 0.15) is 0 Å². The van der Waals surface area contributed by atoms with E-state index >= 15 is 0 Å². The number of halogens is 4. The van der Waals surface area contributed by atoms with Gasteiger partial charge in [-0.05, 0) is 43.1 Å². The summed E-state index contributed by atoms with van der Waals surface area (Å²) in [4.78, 5) is 4.42. The van der Waals surface area contributed by atoms with Crippen molar-refractivity contribution in [3.8, 4) is 0 Å². The third kappa shape index (κ3) is 2.10. The van der Waals surface area contributed by atoms with Crippen LogP contribution in [0.2, 0.25) is 0 Å². The lowest BCUT2D eigenvalue weighted by Gasteiger charge is -2.04. The molecule has 3 atom stereocenters. The SMILES string of the molecule is Cl.FC(F)(F)c1ccc2sc([C@@H]3[C@@H]4CNC[C@@H]43)nc2c1. The average Bonchev–Trinajstić information content (AvgIpc) is 2.78. The number of piperidine rings is 1. The van der Waals surface area contributed by atoms with Gasteiger partial charge in [-0.25, -0.2) is 4.98 Å². The van der Waals surface area contributed by atoms with Crippen LogP contribution in [-0.2, 0) is 6.18 Å². The molecule has 1 aliphatic carbocycles. The number of thiazole rings is 1. The number of nitrogens with one attached hydrogen (secondary N) is 1. The number of hydrogen-bond donors (Lipinski definition) is 1. The molecule has 2 aliphatic rings. The highest BCUT2D eigenvalue weighted by atomic mass is 35.5. The van der Waals surface area contributed by atoms with Gasteiger partial charge in [-0.1, -0.05) is 0 Å². The smallest absolute Gasteiger partial charge is 0.316 e. The van der Waals surface area contributed by atoms with Crippen LogP contribution in [0.25, 0.3) is 10.2 Å². The van der Waals surface area contributed by atoms with E-state index in [0.29, 0.717) is 23.3 Å². The van der Waals surface area contributed by atoms with E-state index < -0.39 is 11.7 Å². The molecular formula is C13H12ClF3N2S. The number of alkyl halides is 3. The van der Waals surface area contributed by atoms with Gasteiger partial charge in [-0.3, -0.25) is 0 Å². The standard InChI is InChI=1S/C13H11F3N2S.ClH/c14-13(15,16)6-1-2-10-9(3-6)18-12(19-10)11-7-4-17-5-8(7)11;/h1-3,7-8,11,17H,4-5H2;1H/t7-,8+,11-;. The van der Waals surface area contributed by atoms with Gasteiger partial charge < -0.3 is 5.32 Å². The average molecular weight is 321 g/mol. The number of aromatic nitrogens is 1. The van der Waals surface area contributed by atoms with Gasteiger partial charge >= 0.3 is 6.18 Å². The Balaban J connectivity index is 0.00000121. The van der Waals surface area contributed by atoms with Crippen LogP contribution in [0.3, 0.4) is 0 Å². The molecule has 2 fully saturated rings. The first kappa shape index (κ1) is 14.1. The van der Waals surface area contributed by atoms with E-state index in [4.69, 9.17) is 0 Å². The maximum atomic E-state index is 12.6. The van der Waals surface area contributed by atoms with Crippen molar-refractivity contribution in [1.29, 1.82) is 0 Å². The van der Waals surface area contributed by atoms with Gasteiger partial charge in [0, 0.05) is 5.92 Å². The Kier molecular flexibility index (Phi) is 3.23. The molecular weight excluding hydrogens is 309 g/mol. The Morgan fingerprint density at radius 3 is 2.55 bits per heavy atom. The summed E-state index contributed by atoms with van der Waals surface area (Å²) in [6.07, 6.45) is -4.29. The normalized spacial score (nSPS) is 28.2. The number of hydrogen-bond acceptors (Lipinski definition) is 3. The molecule has 7 heteroatoms. The summed E-state index contributed by atoms with van der Waals surface area (Å²) in [5, 5.41) is 4.32. The molecule has 2 aromatic rings. The molecule has 0 radical (unpaired) electrons. The largest absolute Gasteiger partial charge is 0.416 e. The van der Waals surface area contributed by atoms with Gasteiger partial charge in [0.05, 0.1) is 20.8 Å². The van der Waals surface area contributed by atoms with Crippen LogP contribution in [-0.4, -0.2) is 18.1 Å². The van der Waals surface area contributed by atoms with E-state index in [1.807, 2.05) is 0 Å². The minimum atomic E-state index is -4.29. The Morgan fingerprint density at radius 1 is 1.20 bits per heavy atom. The zero-order valence-electron chi connectivity index (χ0n) is 10.3. The lowest BCUT2D eigenvalue weighted by atomic mass is 10.2. The first-order chi connectivity index (χ1) is 9.04. The van der Waals surface area contributed by atoms with Gasteiger partial charge in [0.2, 0.25) is 0 Å². The van der Waals surface area contributed by atoms with Crippen LogP contribution >= 0.6 is 23.7 Å². The highest BCUT2D eigenvalue weighted by molar-refractivity contribution is 7.18. The summed E-state index contributed by atoms with van der Waals surface area (Å²) in [7, 11) is 0. The van der Waals surface area contributed by atoms with Crippen molar-refractivity contribution in [1.82, 2.24) is 10.3 Å². The van der Waals surface area contributed by atoms with Crippen LogP contribution in [0.5, 0.6) is 0 Å². The summed E-state index contributed by atoms with van der Waals surface area (Å²) >= 11 is 1.54. The molecule has 2 nitrogen and oxygen atoms in total. The van der Waals surface area contributed by atoms with E-state index in [0.717, 1.165) is 34.9 Å². The van der Waals surface area contributed by atoms with Gasteiger partial charge in [-0.15, -0.1) is 23.7 Å². The van der Waals surface area contributed by atoms with E-state index in [1.54, 1.807) is 0 Å². The first-order valence-electron chi connectivity index (χ1n) is 6.22. The summed E-state index contributed by atoms with van der Waals surface area (Å²) in [5.41, 5.74) is -0.137. The molecule has 20 heavy (non-hydrogen) atoms. The Labute approximate surface area is 123 Å². The minimum absolute atomic E-state index is 0. The Hall–Kier alpha value is -0.850. The van der Waals surface area contributed by atoms with Crippen LogP contribution < -0.4 is 5.32 Å². The van der Waals surface area contributed by atoms with Crippen molar-refractivity contribution < 1.29 is 13.2 Å². The number of rotatable bonds is 1. The fourth-order valence-corrected chi connectivity index (χ4v) is 4.25. The van der Waals surface area contributed by atoms with Crippen molar-refractivity contribution in [2.75, 3.05) is 13.1 Å². The topological polar surface area (TPSA) is 24.9 Å². The van der Waals surface area contributed by atoms with E-state index in [1.165, 1.54) is 17.4 Å². The predicted octanol–water partition coefficient (Wildman–Crippen LogP) is 3.67. The second-order valence-corrected chi connectivity index (χ2v) is 6.31. The summed E-state index contributed by atoms with van der Waals surface area (Å²) in [6.45, 7) is 2.03. The van der Waals surface area contributed by atoms with Crippen molar-refractivity contribution in [3.63, 3.8) is 0 Å². The van der Waals surface area contributed by atoms with Crippen molar-refractivity contribution in [2.45, 2.75) is 12.1 Å². The second-order valence-electron chi connectivity index (χ2n) is 5.24. The molecule has 2 heterocycles. The van der Waals surface area contributed by atoms with Gasteiger partial charge in [-0.2, -0.15) is 13.2 Å². The quantitative estimate of drug-likeness (QED) is 0.867. The van der Waals surface area contributed by atoms with Gasteiger partial charge in [0.15, 0.2) is 0 Å². The maximum Gasteiger partial charge on any atom is 0.416 e. The molecule has 1 saturated heterocycles. The van der Waals surface area contributed by atoms with E-state index in [2.05, 4.69) is 10.3 Å². The fourth-order valence-electron chi connectivity index (χ4n) is 3.05. The van der Waals surface area contributed by atoms with Crippen LogP contribution in [0.4, 0.5) is 13.2 Å². The lowest BCUT2D eigenvalue weighted by Crippen LogP contribution is -2.13. The molecule has 1 aromatic carbocycles. The third-order valence-corrected chi connectivity index (χ3v) is 5.25. The van der Waals surface area contributed by atoms with Crippen LogP contribution in [0.1, 0.15) is 16.5 Å². The third-order valence-electron chi connectivity index (χ3n) is 4.11. The molecule has 1 N–H and O–H groups in total. The van der Waals surface area contributed by atoms with Crippen molar-refractivity contribution >= 4 is 34.0 Å². The fraction of sp³-hybridized carbons (Fsp3) is 0.462.